The summed E-state index contributed by atoms with van der Waals surface area (Å²) in [5, 5.41) is 30.4. The first kappa shape index (κ1) is 10.7. The lowest BCUT2D eigenvalue weighted by atomic mass is 9.95. The number of carbonyl (C=O) groups is 1. The van der Waals surface area contributed by atoms with E-state index in [0.29, 0.717) is 0 Å². The molecule has 0 fully saturated rings. The Labute approximate surface area is 78.9 Å². The highest BCUT2D eigenvalue weighted by Gasteiger charge is 2.44. The van der Waals surface area contributed by atoms with E-state index in [0.717, 1.165) is 0 Å². The summed E-state index contributed by atoms with van der Waals surface area (Å²) in [5.41, 5.74) is 5.92. The third-order valence-corrected chi connectivity index (χ3v) is 2.09. The van der Waals surface area contributed by atoms with Crippen LogP contribution in [0.4, 0.5) is 0 Å². The normalized spacial score (nSPS) is 30.8. The fourth-order valence-corrected chi connectivity index (χ4v) is 1.39. The second-order valence-corrected chi connectivity index (χ2v) is 2.98. The van der Waals surface area contributed by atoms with E-state index in [2.05, 4.69) is 10.0 Å². The molecule has 7 nitrogen and oxygen atoms in total. The van der Waals surface area contributed by atoms with Gasteiger partial charge in [0.05, 0.1) is 12.7 Å². The third kappa shape index (κ3) is 1.61. The minimum atomic E-state index is -2.06. The van der Waals surface area contributed by atoms with E-state index in [1.807, 2.05) is 0 Å². The Morgan fingerprint density at radius 1 is 1.86 bits per heavy atom. The zero-order chi connectivity index (χ0) is 10.8. The molecule has 0 aliphatic heterocycles. The lowest BCUT2D eigenvalue weighted by Crippen LogP contribution is -2.39. The molecule has 1 rings (SSSR count). The van der Waals surface area contributed by atoms with Crippen LogP contribution in [0.3, 0.4) is 0 Å². The summed E-state index contributed by atoms with van der Waals surface area (Å²) in [7, 11) is 0. The Bertz CT molecular complexity index is 334. The van der Waals surface area contributed by atoms with Gasteiger partial charge in [-0.3, -0.25) is 4.79 Å². The van der Waals surface area contributed by atoms with Crippen molar-refractivity contribution in [2.45, 2.75) is 18.1 Å². The quantitative estimate of drug-likeness (QED) is 0.234. The van der Waals surface area contributed by atoms with Crippen LogP contribution >= 0.6 is 0 Å². The summed E-state index contributed by atoms with van der Waals surface area (Å²) in [5.74, 6) is -1.11. The van der Waals surface area contributed by atoms with Crippen molar-refractivity contribution < 1.29 is 20.1 Å². The van der Waals surface area contributed by atoms with Crippen molar-refractivity contribution in [3.8, 4) is 0 Å². The van der Waals surface area contributed by atoms with Gasteiger partial charge in [-0.05, 0) is 16.2 Å². The fraction of sp³-hybridized carbons (Fsp3) is 0.571. The van der Waals surface area contributed by atoms with Crippen LogP contribution in [-0.2, 0) is 4.79 Å². The van der Waals surface area contributed by atoms with Crippen molar-refractivity contribution in [3.05, 3.63) is 22.1 Å². The van der Waals surface area contributed by atoms with E-state index >= 15 is 0 Å². The van der Waals surface area contributed by atoms with Gasteiger partial charge in [0.1, 0.15) is 0 Å². The maximum absolute atomic E-state index is 11.1. The number of nitrogens with zero attached hydrogens (tertiary/aromatic N) is 3. The van der Waals surface area contributed by atoms with E-state index < -0.39 is 24.2 Å². The van der Waals surface area contributed by atoms with Gasteiger partial charge < -0.3 is 15.3 Å². The molecule has 0 saturated carbocycles. The molecule has 0 spiro atoms. The largest absolute Gasteiger partial charge is 0.392 e. The number of rotatable bonds is 2. The number of carbonyl (C=O) groups excluding carboxylic acids is 1. The summed E-state index contributed by atoms with van der Waals surface area (Å²) in [6.07, 6.45) is -0.133. The van der Waals surface area contributed by atoms with Gasteiger partial charge in [-0.15, -0.1) is 0 Å². The molecule has 76 valence electrons. The highest BCUT2D eigenvalue weighted by Crippen LogP contribution is 2.31. The molecular formula is C7H9N3O4. The van der Waals surface area contributed by atoms with Crippen molar-refractivity contribution >= 4 is 5.91 Å². The molecule has 14 heavy (non-hydrogen) atoms. The first-order chi connectivity index (χ1) is 6.54. The topological polar surface area (TPSA) is 127 Å². The van der Waals surface area contributed by atoms with Crippen molar-refractivity contribution in [2.75, 3.05) is 6.61 Å². The van der Waals surface area contributed by atoms with Gasteiger partial charge in [0, 0.05) is 11.3 Å². The average Bonchev–Trinajstić information content (AvgIpc) is 2.43. The molecule has 3 N–H and O–H groups in total. The molecule has 0 aromatic heterocycles. The maximum Gasteiger partial charge on any atom is 0.254 e. The van der Waals surface area contributed by atoms with E-state index in [4.69, 9.17) is 15.7 Å². The fourth-order valence-electron chi connectivity index (χ4n) is 1.39. The summed E-state index contributed by atoms with van der Waals surface area (Å²) >= 11 is 0. The molecule has 1 aliphatic carbocycles. The van der Waals surface area contributed by atoms with Crippen molar-refractivity contribution in [1.82, 2.24) is 0 Å². The molecule has 0 unspecified atom stereocenters. The van der Waals surface area contributed by atoms with Gasteiger partial charge >= 0.3 is 0 Å². The number of hydrogen-bond acceptors (Lipinski definition) is 4. The van der Waals surface area contributed by atoms with Crippen LogP contribution < -0.4 is 0 Å². The van der Waals surface area contributed by atoms with Crippen LogP contribution in [0.15, 0.2) is 16.8 Å². The Kier molecular flexibility index (Phi) is 2.87. The minimum Gasteiger partial charge on any atom is -0.392 e. The SMILES string of the molecule is [N-]=[N+]=NC(=O)[C@@]1(O)C[C@@H](O)C=C1CO. The molecule has 0 radical (unpaired) electrons. The van der Waals surface area contributed by atoms with Crippen LogP contribution in [0.5, 0.6) is 0 Å². The van der Waals surface area contributed by atoms with E-state index in [1.165, 1.54) is 6.08 Å². The molecule has 0 saturated heterocycles. The molecule has 0 bridgehead atoms. The number of azide groups is 1. The van der Waals surface area contributed by atoms with Crippen LogP contribution in [0.25, 0.3) is 10.4 Å². The first-order valence-corrected chi connectivity index (χ1v) is 3.86. The Morgan fingerprint density at radius 2 is 2.50 bits per heavy atom. The molecule has 0 aromatic carbocycles. The van der Waals surface area contributed by atoms with Gasteiger partial charge in [0.25, 0.3) is 5.91 Å². The highest BCUT2D eigenvalue weighted by molar-refractivity contribution is 5.90. The lowest BCUT2D eigenvalue weighted by Gasteiger charge is -2.21. The highest BCUT2D eigenvalue weighted by atomic mass is 16.3. The number of amides is 1. The van der Waals surface area contributed by atoms with Gasteiger partial charge in [-0.2, -0.15) is 0 Å². The second kappa shape index (κ2) is 3.77. The minimum absolute atomic E-state index is 0.0394. The van der Waals surface area contributed by atoms with Crippen LogP contribution in [0.2, 0.25) is 0 Å². The van der Waals surface area contributed by atoms with Crippen molar-refractivity contribution in [2.24, 2.45) is 5.11 Å². The zero-order valence-electron chi connectivity index (χ0n) is 7.16. The number of hydrogen-bond donors (Lipinski definition) is 3. The van der Waals surface area contributed by atoms with Gasteiger partial charge in [-0.1, -0.05) is 6.08 Å². The predicted octanol–water partition coefficient (Wildman–Crippen LogP) is -0.762. The van der Waals surface area contributed by atoms with Crippen LogP contribution in [0, 0.1) is 0 Å². The second-order valence-electron chi connectivity index (χ2n) is 2.98. The molecule has 2 atom stereocenters. The van der Waals surface area contributed by atoms with Crippen LogP contribution in [0.1, 0.15) is 6.42 Å². The first-order valence-electron chi connectivity index (χ1n) is 3.86. The number of aliphatic hydroxyl groups excluding tert-OH is 2. The van der Waals surface area contributed by atoms with E-state index in [1.54, 1.807) is 0 Å². The third-order valence-electron chi connectivity index (χ3n) is 2.09. The molecule has 0 aromatic rings. The van der Waals surface area contributed by atoms with Crippen molar-refractivity contribution in [3.63, 3.8) is 0 Å². The zero-order valence-corrected chi connectivity index (χ0v) is 7.16. The molecule has 0 heterocycles. The molecule has 1 amide bonds. The smallest absolute Gasteiger partial charge is 0.254 e. The van der Waals surface area contributed by atoms with Gasteiger partial charge in [0.2, 0.25) is 0 Å². The molecule has 7 heteroatoms. The standard InChI is InChI=1S/C7H9N3O4/c8-10-9-6(13)7(14)2-5(12)1-4(7)3-11/h1,5,11-12,14H,2-3H2/t5-,7+/m0/s1. The van der Waals surface area contributed by atoms with Crippen molar-refractivity contribution in [1.29, 1.82) is 0 Å². The lowest BCUT2D eigenvalue weighted by molar-refractivity contribution is -0.134. The molecule has 1 aliphatic rings. The van der Waals surface area contributed by atoms with Crippen LogP contribution in [-0.4, -0.2) is 39.5 Å². The monoisotopic (exact) mass is 199 g/mol. The Hall–Kier alpha value is -1.40. The Balaban J connectivity index is 3.01. The summed E-state index contributed by atoms with van der Waals surface area (Å²) in [6, 6.07) is 0. The Morgan fingerprint density at radius 3 is 3.00 bits per heavy atom. The summed E-state index contributed by atoms with van der Waals surface area (Å²) < 4.78 is 0. The number of aliphatic hydroxyl groups is 3. The van der Waals surface area contributed by atoms with Gasteiger partial charge in [0.15, 0.2) is 5.60 Å². The predicted molar refractivity (Wildman–Crippen MR) is 44.9 cm³/mol. The molecular weight excluding hydrogens is 190 g/mol. The summed E-state index contributed by atoms with van der Waals surface area (Å²) in [6.45, 7) is -0.569. The average molecular weight is 199 g/mol. The van der Waals surface area contributed by atoms with Gasteiger partial charge in [-0.25, -0.2) is 0 Å². The van der Waals surface area contributed by atoms with E-state index in [9.17, 15) is 9.90 Å². The summed E-state index contributed by atoms with van der Waals surface area (Å²) in [4.78, 5) is 13.4. The maximum atomic E-state index is 11.1. The van der Waals surface area contributed by atoms with E-state index in [-0.39, 0.29) is 12.0 Å².